The van der Waals surface area contributed by atoms with Crippen LogP contribution < -0.4 is 0 Å². The molecule has 0 saturated heterocycles. The lowest BCUT2D eigenvalue weighted by molar-refractivity contribution is -0.129. The van der Waals surface area contributed by atoms with Gasteiger partial charge in [0.25, 0.3) is 0 Å². The lowest BCUT2D eigenvalue weighted by atomic mass is 10.3. The number of amides is 1. The molecule has 0 bridgehead atoms. The quantitative estimate of drug-likeness (QED) is 0.742. The molecule has 78 valence electrons. The second-order valence-corrected chi connectivity index (χ2v) is 4.59. The molecular formula is C8H12ClN3OS. The van der Waals surface area contributed by atoms with Crippen molar-refractivity contribution < 1.29 is 4.79 Å². The van der Waals surface area contributed by atoms with E-state index in [-0.39, 0.29) is 5.91 Å². The van der Waals surface area contributed by atoms with Crippen LogP contribution in [-0.2, 0) is 11.3 Å². The van der Waals surface area contributed by atoms with Crippen LogP contribution >= 0.6 is 23.1 Å². The van der Waals surface area contributed by atoms with Crippen LogP contribution in [-0.4, -0.2) is 32.8 Å². The van der Waals surface area contributed by atoms with Crippen molar-refractivity contribution in [3.05, 3.63) is 10.6 Å². The number of alkyl halides is 1. The van der Waals surface area contributed by atoms with E-state index in [1.54, 1.807) is 18.9 Å². The van der Waals surface area contributed by atoms with E-state index in [1.165, 1.54) is 11.5 Å². The molecule has 0 N–H and O–H groups in total. The molecule has 0 aliphatic carbocycles. The SMILES string of the molecule is Cc1nnsc1CN(C)C(=O)C(C)Cl. The Kier molecular flexibility index (Phi) is 3.83. The highest BCUT2D eigenvalue weighted by Gasteiger charge is 2.16. The molecule has 6 heteroatoms. The number of halogens is 1. The van der Waals surface area contributed by atoms with Crippen molar-refractivity contribution in [2.45, 2.75) is 25.8 Å². The highest BCUT2D eigenvalue weighted by Crippen LogP contribution is 2.12. The molecule has 14 heavy (non-hydrogen) atoms. The number of rotatable bonds is 3. The molecule has 0 radical (unpaired) electrons. The van der Waals surface area contributed by atoms with Crippen molar-refractivity contribution in [1.29, 1.82) is 0 Å². The Morgan fingerprint density at radius 3 is 2.79 bits per heavy atom. The normalized spacial score (nSPS) is 12.6. The Balaban J connectivity index is 2.62. The largest absolute Gasteiger partial charge is 0.339 e. The maximum atomic E-state index is 11.4. The highest BCUT2D eigenvalue weighted by atomic mass is 35.5. The van der Waals surface area contributed by atoms with Gasteiger partial charge in [-0.15, -0.1) is 16.7 Å². The predicted octanol–water partition coefficient (Wildman–Crippen LogP) is 1.43. The average Bonchev–Trinajstić information content (AvgIpc) is 2.50. The summed E-state index contributed by atoms with van der Waals surface area (Å²) in [5, 5.41) is 3.39. The lowest BCUT2D eigenvalue weighted by Gasteiger charge is -2.17. The lowest BCUT2D eigenvalue weighted by Crippen LogP contribution is -2.31. The second-order valence-electron chi connectivity index (χ2n) is 3.09. The second kappa shape index (κ2) is 4.70. The van der Waals surface area contributed by atoms with Crippen molar-refractivity contribution in [2.75, 3.05) is 7.05 Å². The first kappa shape index (κ1) is 11.4. The summed E-state index contributed by atoms with van der Waals surface area (Å²) in [7, 11) is 1.72. The van der Waals surface area contributed by atoms with Gasteiger partial charge in [-0.1, -0.05) is 4.49 Å². The van der Waals surface area contributed by atoms with E-state index in [0.717, 1.165) is 10.6 Å². The Labute approximate surface area is 92.0 Å². The van der Waals surface area contributed by atoms with Crippen molar-refractivity contribution in [2.24, 2.45) is 0 Å². The van der Waals surface area contributed by atoms with Crippen LogP contribution in [0.1, 0.15) is 17.5 Å². The van der Waals surface area contributed by atoms with Gasteiger partial charge in [-0.3, -0.25) is 4.79 Å². The van der Waals surface area contributed by atoms with Gasteiger partial charge < -0.3 is 4.90 Å². The van der Waals surface area contributed by atoms with Gasteiger partial charge in [-0.05, 0) is 25.4 Å². The summed E-state index contributed by atoms with van der Waals surface area (Å²) in [5.74, 6) is -0.0838. The molecular weight excluding hydrogens is 222 g/mol. The zero-order valence-electron chi connectivity index (χ0n) is 8.32. The number of hydrogen-bond donors (Lipinski definition) is 0. The number of hydrogen-bond acceptors (Lipinski definition) is 4. The Morgan fingerprint density at radius 2 is 2.36 bits per heavy atom. The Hall–Kier alpha value is -0.680. The van der Waals surface area contributed by atoms with Gasteiger partial charge in [-0.2, -0.15) is 0 Å². The van der Waals surface area contributed by atoms with Gasteiger partial charge in [0.05, 0.1) is 17.1 Å². The highest BCUT2D eigenvalue weighted by molar-refractivity contribution is 7.05. The fraction of sp³-hybridized carbons (Fsp3) is 0.625. The van der Waals surface area contributed by atoms with Crippen molar-refractivity contribution >= 4 is 29.0 Å². The third-order valence-corrected chi connectivity index (χ3v) is 2.84. The first-order valence-electron chi connectivity index (χ1n) is 4.19. The van der Waals surface area contributed by atoms with E-state index >= 15 is 0 Å². The summed E-state index contributed by atoms with van der Waals surface area (Å²) in [5.41, 5.74) is 0.872. The van der Waals surface area contributed by atoms with Crippen LogP contribution in [0.5, 0.6) is 0 Å². The average molecular weight is 234 g/mol. The van der Waals surface area contributed by atoms with E-state index in [0.29, 0.717) is 6.54 Å². The summed E-state index contributed by atoms with van der Waals surface area (Å²) in [4.78, 5) is 14.0. The molecule has 0 aromatic carbocycles. The zero-order chi connectivity index (χ0) is 10.7. The van der Waals surface area contributed by atoms with E-state index in [1.807, 2.05) is 6.92 Å². The smallest absolute Gasteiger partial charge is 0.240 e. The number of carbonyl (C=O) groups excluding carboxylic acids is 1. The number of aryl methyl sites for hydroxylation is 1. The van der Waals surface area contributed by atoms with Crippen LogP contribution in [0.2, 0.25) is 0 Å². The Morgan fingerprint density at radius 1 is 1.71 bits per heavy atom. The topological polar surface area (TPSA) is 46.1 Å². The van der Waals surface area contributed by atoms with Gasteiger partial charge in [0.15, 0.2) is 0 Å². The zero-order valence-corrected chi connectivity index (χ0v) is 9.89. The molecule has 1 rings (SSSR count). The van der Waals surface area contributed by atoms with E-state index in [4.69, 9.17) is 11.6 Å². The molecule has 4 nitrogen and oxygen atoms in total. The van der Waals surface area contributed by atoms with Crippen LogP contribution in [0, 0.1) is 6.92 Å². The molecule has 0 aliphatic heterocycles. The van der Waals surface area contributed by atoms with Crippen LogP contribution in [0.4, 0.5) is 0 Å². The fourth-order valence-electron chi connectivity index (χ4n) is 0.993. The predicted molar refractivity (Wildman–Crippen MR) is 56.4 cm³/mol. The van der Waals surface area contributed by atoms with Gasteiger partial charge in [-0.25, -0.2) is 0 Å². The monoisotopic (exact) mass is 233 g/mol. The summed E-state index contributed by atoms with van der Waals surface area (Å²) >= 11 is 6.99. The minimum Gasteiger partial charge on any atom is -0.339 e. The molecule has 0 aliphatic rings. The maximum Gasteiger partial charge on any atom is 0.240 e. The van der Waals surface area contributed by atoms with E-state index < -0.39 is 5.38 Å². The molecule has 0 spiro atoms. The maximum absolute atomic E-state index is 11.4. The summed E-state index contributed by atoms with van der Waals surface area (Å²) in [6.07, 6.45) is 0. The van der Waals surface area contributed by atoms with Crippen molar-refractivity contribution in [3.8, 4) is 0 Å². The third kappa shape index (κ3) is 2.65. The minimum absolute atomic E-state index is 0.0838. The standard InChI is InChI=1S/C8H12ClN3OS/c1-5(9)8(13)12(3)4-7-6(2)10-11-14-7/h5H,4H2,1-3H3. The number of carbonyl (C=O) groups is 1. The molecule has 1 aromatic heterocycles. The molecule has 1 aromatic rings. The Bertz CT molecular complexity index is 326. The molecule has 1 heterocycles. The summed E-state index contributed by atoms with van der Waals surface area (Å²) in [6.45, 7) is 4.07. The summed E-state index contributed by atoms with van der Waals surface area (Å²) in [6, 6.07) is 0. The van der Waals surface area contributed by atoms with E-state index in [9.17, 15) is 4.79 Å². The molecule has 1 unspecified atom stereocenters. The van der Waals surface area contributed by atoms with Crippen molar-refractivity contribution in [3.63, 3.8) is 0 Å². The van der Waals surface area contributed by atoms with E-state index in [2.05, 4.69) is 9.59 Å². The minimum atomic E-state index is -0.485. The van der Waals surface area contributed by atoms with Gasteiger partial charge >= 0.3 is 0 Å². The van der Waals surface area contributed by atoms with Gasteiger partial charge in [0.2, 0.25) is 5.91 Å². The first-order chi connectivity index (χ1) is 6.52. The number of aromatic nitrogens is 2. The van der Waals surface area contributed by atoms with Crippen LogP contribution in [0.15, 0.2) is 0 Å². The number of nitrogens with zero attached hydrogens (tertiary/aromatic N) is 3. The molecule has 1 atom stereocenters. The molecule has 0 saturated carbocycles. The van der Waals surface area contributed by atoms with Crippen LogP contribution in [0.25, 0.3) is 0 Å². The summed E-state index contributed by atoms with van der Waals surface area (Å²) < 4.78 is 3.80. The van der Waals surface area contributed by atoms with Crippen LogP contribution in [0.3, 0.4) is 0 Å². The van der Waals surface area contributed by atoms with Gasteiger partial charge in [0.1, 0.15) is 5.38 Å². The molecule has 0 fully saturated rings. The fourth-order valence-corrected chi connectivity index (χ4v) is 1.85. The molecule has 1 amide bonds. The third-order valence-electron chi connectivity index (χ3n) is 1.84. The van der Waals surface area contributed by atoms with Crippen molar-refractivity contribution in [1.82, 2.24) is 14.5 Å². The van der Waals surface area contributed by atoms with Gasteiger partial charge in [0, 0.05) is 7.05 Å². The first-order valence-corrected chi connectivity index (χ1v) is 5.40.